The lowest BCUT2D eigenvalue weighted by atomic mass is 10.0. The monoisotopic (exact) mass is 186 g/mol. The van der Waals surface area contributed by atoms with Crippen molar-refractivity contribution >= 4 is 0 Å². The second kappa shape index (κ2) is 5.68. The minimum absolute atomic E-state index is 0.144. The van der Waals surface area contributed by atoms with E-state index in [1.54, 1.807) is 13.0 Å². The molecular weight excluding hydrogens is 170 g/mol. The van der Waals surface area contributed by atoms with Crippen LogP contribution in [-0.2, 0) is 0 Å². The van der Waals surface area contributed by atoms with Crippen LogP contribution >= 0.6 is 0 Å². The molecule has 74 valence electrons. The topological polar surface area (TPSA) is 0 Å². The van der Waals surface area contributed by atoms with Crippen molar-refractivity contribution < 1.29 is 8.78 Å². The average Bonchev–Trinajstić information content (AvgIpc) is 2.13. The van der Waals surface area contributed by atoms with Gasteiger partial charge in [-0.3, -0.25) is 0 Å². The van der Waals surface area contributed by atoms with Gasteiger partial charge in [-0.25, -0.2) is 8.78 Å². The summed E-state index contributed by atoms with van der Waals surface area (Å²) in [4.78, 5) is 0. The van der Waals surface area contributed by atoms with E-state index in [4.69, 9.17) is 0 Å². The largest absolute Gasteiger partial charge is 0.264 e. The number of rotatable bonds is 1. The fourth-order valence-electron chi connectivity index (χ4n) is 1.01. The Hall–Kier alpha value is -0.920. The van der Waals surface area contributed by atoms with Crippen LogP contribution in [-0.4, -0.2) is 0 Å². The van der Waals surface area contributed by atoms with Crippen LogP contribution in [0.3, 0.4) is 0 Å². The maximum absolute atomic E-state index is 12.2. The first-order valence-electron chi connectivity index (χ1n) is 4.47. The zero-order chi connectivity index (χ0) is 10.4. The predicted molar refractivity (Wildman–Crippen MR) is 52.2 cm³/mol. The van der Waals surface area contributed by atoms with Gasteiger partial charge in [0, 0.05) is 5.56 Å². The standard InChI is InChI=1S/C9H10F2.C2H6/c1-6-4-3-5-8(7(6)2)9(10)11;1-2/h3-5,9H,1-2H3;1-2H3. The molecule has 0 heterocycles. The van der Waals surface area contributed by atoms with Crippen molar-refractivity contribution in [2.75, 3.05) is 0 Å². The summed E-state index contributed by atoms with van der Waals surface area (Å²) in [6.07, 6.45) is -2.35. The van der Waals surface area contributed by atoms with Crippen LogP contribution in [0.4, 0.5) is 8.78 Å². The Bertz CT molecular complexity index is 254. The van der Waals surface area contributed by atoms with E-state index in [1.807, 2.05) is 26.8 Å². The molecule has 0 radical (unpaired) electrons. The first kappa shape index (κ1) is 12.1. The van der Waals surface area contributed by atoms with Crippen LogP contribution in [0.15, 0.2) is 18.2 Å². The highest BCUT2D eigenvalue weighted by molar-refractivity contribution is 5.33. The van der Waals surface area contributed by atoms with Gasteiger partial charge in [-0.1, -0.05) is 32.0 Å². The molecule has 0 aliphatic heterocycles. The molecule has 0 unspecified atom stereocenters. The lowest BCUT2D eigenvalue weighted by molar-refractivity contribution is 0.150. The van der Waals surface area contributed by atoms with Gasteiger partial charge >= 0.3 is 0 Å². The molecule has 0 bridgehead atoms. The van der Waals surface area contributed by atoms with Crippen LogP contribution < -0.4 is 0 Å². The smallest absolute Gasteiger partial charge is 0.205 e. The average molecular weight is 186 g/mol. The summed E-state index contributed by atoms with van der Waals surface area (Å²) in [7, 11) is 0. The number of hydrogen-bond acceptors (Lipinski definition) is 0. The Kier molecular flexibility index (Phi) is 5.28. The third-order valence-corrected chi connectivity index (χ3v) is 1.88. The first-order valence-corrected chi connectivity index (χ1v) is 4.47. The van der Waals surface area contributed by atoms with Crippen LogP contribution in [0.1, 0.15) is 37.0 Å². The van der Waals surface area contributed by atoms with Gasteiger partial charge in [0.25, 0.3) is 6.43 Å². The van der Waals surface area contributed by atoms with E-state index in [0.717, 1.165) is 5.56 Å². The highest BCUT2D eigenvalue weighted by Crippen LogP contribution is 2.23. The van der Waals surface area contributed by atoms with E-state index in [1.165, 1.54) is 6.07 Å². The molecular formula is C11H16F2. The number of hydrogen-bond donors (Lipinski definition) is 0. The van der Waals surface area contributed by atoms with Gasteiger partial charge in [0.15, 0.2) is 0 Å². The second-order valence-electron chi connectivity index (χ2n) is 2.59. The van der Waals surface area contributed by atoms with Gasteiger partial charge in [0.1, 0.15) is 0 Å². The molecule has 0 N–H and O–H groups in total. The van der Waals surface area contributed by atoms with Crippen LogP contribution in [0.25, 0.3) is 0 Å². The summed E-state index contributed by atoms with van der Waals surface area (Å²) >= 11 is 0. The third kappa shape index (κ3) is 3.13. The molecule has 0 saturated heterocycles. The third-order valence-electron chi connectivity index (χ3n) is 1.88. The van der Waals surface area contributed by atoms with E-state index in [2.05, 4.69) is 0 Å². The SMILES string of the molecule is CC.Cc1cccc(C(F)F)c1C. The highest BCUT2D eigenvalue weighted by Gasteiger charge is 2.09. The predicted octanol–water partition coefficient (Wildman–Crippen LogP) is 4.27. The van der Waals surface area contributed by atoms with Crippen LogP contribution in [0.2, 0.25) is 0 Å². The zero-order valence-corrected chi connectivity index (χ0v) is 8.57. The van der Waals surface area contributed by atoms with E-state index in [-0.39, 0.29) is 5.56 Å². The molecule has 0 aliphatic rings. The summed E-state index contributed by atoms with van der Waals surface area (Å²) in [5, 5.41) is 0. The van der Waals surface area contributed by atoms with Gasteiger partial charge in [-0.15, -0.1) is 0 Å². The van der Waals surface area contributed by atoms with Gasteiger partial charge in [0.05, 0.1) is 0 Å². The molecule has 0 fully saturated rings. The molecule has 0 spiro atoms. The fourth-order valence-corrected chi connectivity index (χ4v) is 1.01. The zero-order valence-electron chi connectivity index (χ0n) is 8.57. The summed E-state index contributed by atoms with van der Waals surface area (Å²) in [5.41, 5.74) is 1.76. The number of benzene rings is 1. The fraction of sp³-hybridized carbons (Fsp3) is 0.455. The maximum Gasteiger partial charge on any atom is 0.264 e. The summed E-state index contributed by atoms with van der Waals surface area (Å²) in [5.74, 6) is 0. The van der Waals surface area contributed by atoms with Gasteiger partial charge in [0.2, 0.25) is 0 Å². The molecule has 0 aliphatic carbocycles. The lowest BCUT2D eigenvalue weighted by Crippen LogP contribution is -1.91. The van der Waals surface area contributed by atoms with Gasteiger partial charge < -0.3 is 0 Å². The van der Waals surface area contributed by atoms with Crippen molar-refractivity contribution in [1.82, 2.24) is 0 Å². The quantitative estimate of drug-likeness (QED) is 0.614. The van der Waals surface area contributed by atoms with Gasteiger partial charge in [-0.2, -0.15) is 0 Å². The maximum atomic E-state index is 12.2. The Balaban J connectivity index is 0.000000671. The lowest BCUT2D eigenvalue weighted by Gasteiger charge is -2.05. The van der Waals surface area contributed by atoms with Crippen molar-refractivity contribution in [2.24, 2.45) is 0 Å². The van der Waals surface area contributed by atoms with Crippen molar-refractivity contribution in [3.05, 3.63) is 34.9 Å². The van der Waals surface area contributed by atoms with Crippen LogP contribution in [0, 0.1) is 13.8 Å². The van der Waals surface area contributed by atoms with Crippen molar-refractivity contribution in [2.45, 2.75) is 34.1 Å². The van der Waals surface area contributed by atoms with E-state index in [0.29, 0.717) is 5.56 Å². The molecule has 0 atom stereocenters. The second-order valence-corrected chi connectivity index (χ2v) is 2.59. The Morgan fingerprint density at radius 3 is 2.00 bits per heavy atom. The normalized spacial score (nSPS) is 9.46. The van der Waals surface area contributed by atoms with Crippen molar-refractivity contribution in [3.8, 4) is 0 Å². The molecule has 2 heteroatoms. The molecule has 1 aromatic rings. The van der Waals surface area contributed by atoms with Crippen molar-refractivity contribution in [3.63, 3.8) is 0 Å². The first-order chi connectivity index (χ1) is 6.13. The van der Waals surface area contributed by atoms with Crippen LogP contribution in [0.5, 0.6) is 0 Å². The number of halogens is 2. The molecule has 0 amide bonds. The summed E-state index contributed by atoms with van der Waals surface area (Å²) in [6, 6.07) is 4.96. The van der Waals surface area contributed by atoms with E-state index < -0.39 is 6.43 Å². The van der Waals surface area contributed by atoms with Crippen molar-refractivity contribution in [1.29, 1.82) is 0 Å². The summed E-state index contributed by atoms with van der Waals surface area (Å²) < 4.78 is 24.4. The molecule has 13 heavy (non-hydrogen) atoms. The highest BCUT2D eigenvalue weighted by atomic mass is 19.3. The Morgan fingerprint density at radius 2 is 1.62 bits per heavy atom. The molecule has 1 aromatic carbocycles. The van der Waals surface area contributed by atoms with E-state index >= 15 is 0 Å². The Morgan fingerprint density at radius 1 is 1.08 bits per heavy atom. The molecule has 0 saturated carbocycles. The molecule has 0 aromatic heterocycles. The number of aryl methyl sites for hydroxylation is 1. The minimum atomic E-state index is -2.35. The Labute approximate surface area is 78.6 Å². The van der Waals surface area contributed by atoms with Gasteiger partial charge in [-0.05, 0) is 25.0 Å². The minimum Gasteiger partial charge on any atom is -0.205 e. The van der Waals surface area contributed by atoms with E-state index in [9.17, 15) is 8.78 Å². The molecule has 0 nitrogen and oxygen atoms in total. The number of alkyl halides is 2. The molecule has 1 rings (SSSR count). The summed E-state index contributed by atoms with van der Waals surface area (Å²) in [6.45, 7) is 7.55.